The van der Waals surface area contributed by atoms with Crippen LogP contribution in [0.3, 0.4) is 0 Å². The first-order chi connectivity index (χ1) is 9.96. The highest BCUT2D eigenvalue weighted by molar-refractivity contribution is 5.32. The first-order valence-electron chi connectivity index (χ1n) is 7.84. The molecule has 1 saturated heterocycles. The fourth-order valence-electron chi connectivity index (χ4n) is 3.05. The monoisotopic (exact) mass is 285 g/mol. The van der Waals surface area contributed by atoms with Crippen LogP contribution in [0.2, 0.25) is 0 Å². The molecule has 0 spiro atoms. The van der Waals surface area contributed by atoms with Crippen LogP contribution in [0.5, 0.6) is 5.75 Å². The molecule has 0 aliphatic carbocycles. The van der Waals surface area contributed by atoms with Gasteiger partial charge in [0.2, 0.25) is 0 Å². The van der Waals surface area contributed by atoms with Crippen molar-refractivity contribution in [1.29, 1.82) is 0 Å². The lowest BCUT2D eigenvalue weighted by molar-refractivity contribution is 0.348. The van der Waals surface area contributed by atoms with E-state index >= 15 is 0 Å². The topological polar surface area (TPSA) is 23.5 Å². The van der Waals surface area contributed by atoms with E-state index in [2.05, 4.69) is 31.9 Å². The molecule has 1 aromatic carbocycles. The Hall–Kier alpha value is -1.70. The molecule has 1 heterocycles. The van der Waals surface area contributed by atoms with Crippen LogP contribution in [-0.2, 0) is 6.42 Å². The number of phenols is 1. The second kappa shape index (κ2) is 6.38. The minimum Gasteiger partial charge on any atom is -0.508 e. The molecule has 0 radical (unpaired) electrons. The van der Waals surface area contributed by atoms with Crippen molar-refractivity contribution in [3.63, 3.8) is 0 Å². The summed E-state index contributed by atoms with van der Waals surface area (Å²) in [6.45, 7) is 15.1. The van der Waals surface area contributed by atoms with E-state index in [1.807, 2.05) is 18.2 Å². The van der Waals surface area contributed by atoms with Gasteiger partial charge in [-0.1, -0.05) is 50.8 Å². The van der Waals surface area contributed by atoms with Gasteiger partial charge in [-0.2, -0.15) is 0 Å². The van der Waals surface area contributed by atoms with E-state index in [4.69, 9.17) is 0 Å². The lowest BCUT2D eigenvalue weighted by Gasteiger charge is -2.28. The van der Waals surface area contributed by atoms with Crippen molar-refractivity contribution in [2.75, 3.05) is 13.1 Å². The standard InChI is InChI=1S/C19H27NO/c1-5-16(3)20-13-12-19(4,14-20)15(2)10-11-17-8-6-7-9-18(17)21/h6-9,21H,2-3,5,10-14H2,1,4H3. The molecule has 1 aliphatic heterocycles. The van der Waals surface area contributed by atoms with Crippen LogP contribution in [0, 0.1) is 5.41 Å². The van der Waals surface area contributed by atoms with Gasteiger partial charge < -0.3 is 10.0 Å². The van der Waals surface area contributed by atoms with Crippen LogP contribution in [-0.4, -0.2) is 23.1 Å². The molecule has 1 aliphatic rings. The molecular formula is C19H27NO. The average molecular weight is 285 g/mol. The number of benzene rings is 1. The van der Waals surface area contributed by atoms with Crippen LogP contribution < -0.4 is 0 Å². The van der Waals surface area contributed by atoms with Gasteiger partial charge in [0.05, 0.1) is 0 Å². The van der Waals surface area contributed by atoms with Crippen molar-refractivity contribution in [3.8, 4) is 5.75 Å². The van der Waals surface area contributed by atoms with E-state index in [1.54, 1.807) is 6.07 Å². The second-order valence-electron chi connectivity index (χ2n) is 6.38. The highest BCUT2D eigenvalue weighted by atomic mass is 16.3. The Morgan fingerprint density at radius 3 is 2.71 bits per heavy atom. The Labute approximate surface area is 128 Å². The lowest BCUT2D eigenvalue weighted by Crippen LogP contribution is -2.25. The number of phenolic OH excluding ortho intramolecular Hbond substituents is 1. The van der Waals surface area contributed by atoms with Gasteiger partial charge in [-0.25, -0.2) is 0 Å². The number of aromatic hydroxyl groups is 1. The summed E-state index contributed by atoms with van der Waals surface area (Å²) in [5.74, 6) is 0.392. The molecular weight excluding hydrogens is 258 g/mol. The minimum absolute atomic E-state index is 0.169. The fourth-order valence-corrected chi connectivity index (χ4v) is 3.05. The zero-order valence-corrected chi connectivity index (χ0v) is 13.4. The first-order valence-corrected chi connectivity index (χ1v) is 7.84. The number of hydrogen-bond acceptors (Lipinski definition) is 2. The Morgan fingerprint density at radius 1 is 1.33 bits per heavy atom. The van der Waals surface area contributed by atoms with Gasteiger partial charge >= 0.3 is 0 Å². The largest absolute Gasteiger partial charge is 0.508 e. The first kappa shape index (κ1) is 15.7. The summed E-state index contributed by atoms with van der Waals surface area (Å²) in [7, 11) is 0. The van der Waals surface area contributed by atoms with Crippen LogP contribution >= 0.6 is 0 Å². The summed E-state index contributed by atoms with van der Waals surface area (Å²) in [4.78, 5) is 2.39. The second-order valence-corrected chi connectivity index (χ2v) is 6.38. The fraction of sp³-hybridized carbons (Fsp3) is 0.474. The zero-order valence-electron chi connectivity index (χ0n) is 13.4. The SMILES string of the molecule is C=C(CC)N1CCC(C)(C(=C)CCc2ccccc2O)C1. The molecule has 114 valence electrons. The molecule has 0 aromatic heterocycles. The number of hydrogen-bond donors (Lipinski definition) is 1. The summed E-state index contributed by atoms with van der Waals surface area (Å²) >= 11 is 0. The van der Waals surface area contributed by atoms with Gasteiger partial charge in [-0.15, -0.1) is 0 Å². The van der Waals surface area contributed by atoms with Gasteiger partial charge in [0.25, 0.3) is 0 Å². The summed E-state index contributed by atoms with van der Waals surface area (Å²) < 4.78 is 0. The number of rotatable bonds is 6. The van der Waals surface area contributed by atoms with E-state index < -0.39 is 0 Å². The molecule has 1 N–H and O–H groups in total. The predicted molar refractivity (Wildman–Crippen MR) is 89.3 cm³/mol. The Bertz CT molecular complexity index is 534. The summed E-state index contributed by atoms with van der Waals surface area (Å²) in [6.07, 6.45) is 3.95. The molecule has 1 aromatic rings. The van der Waals surface area contributed by atoms with Gasteiger partial charge in [-0.05, 0) is 37.3 Å². The van der Waals surface area contributed by atoms with E-state index in [1.165, 1.54) is 11.3 Å². The highest BCUT2D eigenvalue weighted by Gasteiger charge is 2.35. The van der Waals surface area contributed by atoms with Crippen molar-refractivity contribution < 1.29 is 5.11 Å². The summed E-state index contributed by atoms with van der Waals surface area (Å²) in [5, 5.41) is 9.85. The van der Waals surface area contributed by atoms with Crippen LogP contribution in [0.25, 0.3) is 0 Å². The van der Waals surface area contributed by atoms with Crippen LogP contribution in [0.15, 0.2) is 48.7 Å². The van der Waals surface area contributed by atoms with E-state index in [-0.39, 0.29) is 5.41 Å². The third-order valence-corrected chi connectivity index (χ3v) is 4.87. The molecule has 1 atom stereocenters. The average Bonchev–Trinajstić information content (AvgIpc) is 2.89. The number of para-hydroxylation sites is 1. The Kier molecular flexibility index (Phi) is 4.76. The number of likely N-dealkylation sites (tertiary alicyclic amines) is 1. The Morgan fingerprint density at radius 2 is 2.05 bits per heavy atom. The van der Waals surface area contributed by atoms with Gasteiger partial charge in [0.15, 0.2) is 0 Å². The maximum atomic E-state index is 9.85. The van der Waals surface area contributed by atoms with Crippen molar-refractivity contribution in [1.82, 2.24) is 4.90 Å². The van der Waals surface area contributed by atoms with Crippen molar-refractivity contribution in [3.05, 3.63) is 54.3 Å². The summed E-state index contributed by atoms with van der Waals surface area (Å²) in [5.41, 5.74) is 3.70. The third kappa shape index (κ3) is 3.49. The van der Waals surface area contributed by atoms with E-state index in [9.17, 15) is 5.11 Å². The molecule has 2 nitrogen and oxygen atoms in total. The van der Waals surface area contributed by atoms with Crippen molar-refractivity contribution in [2.45, 2.75) is 39.5 Å². The molecule has 1 fully saturated rings. The normalized spacial score (nSPS) is 21.5. The molecule has 0 amide bonds. The molecule has 21 heavy (non-hydrogen) atoms. The maximum absolute atomic E-state index is 9.85. The molecule has 1 unspecified atom stereocenters. The highest BCUT2D eigenvalue weighted by Crippen LogP contribution is 2.40. The number of nitrogens with zero attached hydrogens (tertiary/aromatic N) is 1. The van der Waals surface area contributed by atoms with Gasteiger partial charge in [-0.3, -0.25) is 0 Å². The smallest absolute Gasteiger partial charge is 0.118 e. The molecule has 2 rings (SSSR count). The van der Waals surface area contributed by atoms with E-state index in [0.717, 1.165) is 44.3 Å². The Balaban J connectivity index is 1.95. The van der Waals surface area contributed by atoms with E-state index in [0.29, 0.717) is 5.75 Å². The van der Waals surface area contributed by atoms with Crippen LogP contribution in [0.1, 0.15) is 38.7 Å². The maximum Gasteiger partial charge on any atom is 0.118 e. The van der Waals surface area contributed by atoms with Crippen molar-refractivity contribution in [2.24, 2.45) is 5.41 Å². The van der Waals surface area contributed by atoms with Crippen molar-refractivity contribution >= 4 is 0 Å². The van der Waals surface area contributed by atoms with Gasteiger partial charge in [0.1, 0.15) is 5.75 Å². The minimum atomic E-state index is 0.169. The van der Waals surface area contributed by atoms with Crippen LogP contribution in [0.4, 0.5) is 0 Å². The molecule has 2 heteroatoms. The van der Waals surface area contributed by atoms with Gasteiger partial charge in [0, 0.05) is 24.2 Å². The summed E-state index contributed by atoms with van der Waals surface area (Å²) in [6, 6.07) is 7.58. The number of allylic oxidation sites excluding steroid dienone is 1. The lowest BCUT2D eigenvalue weighted by atomic mass is 9.79. The predicted octanol–water partition coefficient (Wildman–Crippen LogP) is 4.52. The third-order valence-electron chi connectivity index (χ3n) is 4.87. The molecule has 0 bridgehead atoms. The molecule has 0 saturated carbocycles. The zero-order chi connectivity index (χ0) is 15.5. The number of aryl methyl sites for hydroxylation is 1. The quantitative estimate of drug-likeness (QED) is 0.777.